The number of anilines is 1. The maximum Gasteiger partial charge on any atom is 0.220 e. The van der Waals surface area contributed by atoms with Crippen LogP contribution in [-0.4, -0.2) is 35.1 Å². The molecule has 0 bridgehead atoms. The van der Waals surface area contributed by atoms with E-state index in [4.69, 9.17) is 21.2 Å². The molecule has 118 valence electrons. The Bertz CT molecular complexity index is 592. The Hall–Kier alpha value is -1.99. The molecule has 1 saturated heterocycles. The molecule has 5 N–H and O–H groups in total. The fourth-order valence-corrected chi connectivity index (χ4v) is 2.85. The van der Waals surface area contributed by atoms with Gasteiger partial charge < -0.3 is 21.5 Å². The Labute approximate surface area is 129 Å². The second-order valence-corrected chi connectivity index (χ2v) is 5.48. The van der Waals surface area contributed by atoms with E-state index in [-0.39, 0.29) is 12.2 Å². The first-order valence-corrected chi connectivity index (χ1v) is 7.72. The highest BCUT2D eigenvalue weighted by atomic mass is 16.5. The number of fused-ring (bicyclic) bond motifs is 1. The van der Waals surface area contributed by atoms with Gasteiger partial charge in [0, 0.05) is 18.7 Å². The van der Waals surface area contributed by atoms with E-state index in [9.17, 15) is 0 Å². The van der Waals surface area contributed by atoms with E-state index in [0.717, 1.165) is 61.5 Å². The molecule has 1 unspecified atom stereocenters. The lowest BCUT2D eigenvalue weighted by molar-refractivity contribution is 0.0224. The summed E-state index contributed by atoms with van der Waals surface area (Å²) in [6.45, 7) is 2.35. The summed E-state index contributed by atoms with van der Waals surface area (Å²) in [6.07, 6.45) is 7.11. The maximum atomic E-state index is 5.86. The molecule has 0 aliphatic carbocycles. The number of hydrogen-bond acceptors (Lipinski definition) is 7. The van der Waals surface area contributed by atoms with Gasteiger partial charge in [-0.2, -0.15) is 0 Å². The molecular formula is C15H22N6O. The zero-order valence-electron chi connectivity index (χ0n) is 12.6. The largest absolute Gasteiger partial charge is 0.405 e. The minimum atomic E-state index is -0.131. The zero-order valence-corrected chi connectivity index (χ0v) is 12.6. The normalized spacial score (nSPS) is 22.7. The molecule has 0 spiro atoms. The van der Waals surface area contributed by atoms with E-state index in [2.05, 4.69) is 15.3 Å². The first kappa shape index (κ1) is 14.9. The number of nitrogens with two attached hydrogens (primary N) is 2. The molecule has 3 heterocycles. The van der Waals surface area contributed by atoms with Crippen molar-refractivity contribution in [1.29, 1.82) is 0 Å². The summed E-state index contributed by atoms with van der Waals surface area (Å²) in [6, 6.07) is 0. The molecule has 1 atom stereocenters. The lowest BCUT2D eigenvalue weighted by atomic mass is 10.0. The quantitative estimate of drug-likeness (QED) is 0.701. The van der Waals surface area contributed by atoms with E-state index in [1.807, 2.05) is 0 Å². The highest BCUT2D eigenvalue weighted by Crippen LogP contribution is 2.20. The van der Waals surface area contributed by atoms with Gasteiger partial charge in [-0.25, -0.2) is 9.97 Å². The minimum absolute atomic E-state index is 0.131. The number of nitrogen functional groups attached to an aromatic ring is 1. The molecule has 1 aromatic rings. The van der Waals surface area contributed by atoms with Crippen molar-refractivity contribution in [2.75, 3.05) is 18.9 Å². The predicted molar refractivity (Wildman–Crippen MR) is 85.3 cm³/mol. The van der Waals surface area contributed by atoms with Crippen LogP contribution in [-0.2, 0) is 17.7 Å². The molecule has 1 fully saturated rings. The number of rotatable bonds is 3. The van der Waals surface area contributed by atoms with Gasteiger partial charge in [-0.05, 0) is 44.5 Å². The van der Waals surface area contributed by atoms with Gasteiger partial charge in [-0.15, -0.1) is 0 Å². The second kappa shape index (κ2) is 6.85. The highest BCUT2D eigenvalue weighted by molar-refractivity contribution is 6.08. The topological polar surface area (TPSA) is 111 Å². The van der Waals surface area contributed by atoms with Gasteiger partial charge in [0.25, 0.3) is 0 Å². The van der Waals surface area contributed by atoms with Crippen molar-refractivity contribution in [3.8, 4) is 0 Å². The van der Waals surface area contributed by atoms with Crippen LogP contribution in [0.4, 0.5) is 5.95 Å². The first-order valence-electron chi connectivity index (χ1n) is 7.72. The number of allylic oxidation sites excluding steroid dienone is 1. The highest BCUT2D eigenvalue weighted by Gasteiger charge is 2.21. The summed E-state index contributed by atoms with van der Waals surface area (Å²) in [5.74, 6) is 0.264. The lowest BCUT2D eigenvalue weighted by Crippen LogP contribution is -2.28. The van der Waals surface area contributed by atoms with Crippen molar-refractivity contribution in [1.82, 2.24) is 15.3 Å². The van der Waals surface area contributed by atoms with Crippen LogP contribution in [0.2, 0.25) is 0 Å². The minimum Gasteiger partial charge on any atom is -0.405 e. The maximum absolute atomic E-state index is 5.86. The lowest BCUT2D eigenvalue weighted by Gasteiger charge is -2.22. The predicted octanol–water partition coefficient (Wildman–Crippen LogP) is 0.493. The number of aromatic nitrogens is 2. The molecule has 1 aromatic heterocycles. The fourth-order valence-electron chi connectivity index (χ4n) is 2.85. The van der Waals surface area contributed by atoms with Gasteiger partial charge in [0.2, 0.25) is 5.95 Å². The third-order valence-corrected chi connectivity index (χ3v) is 3.89. The van der Waals surface area contributed by atoms with Gasteiger partial charge >= 0.3 is 0 Å². The third-order valence-electron chi connectivity index (χ3n) is 3.89. The van der Waals surface area contributed by atoms with E-state index in [0.29, 0.717) is 6.54 Å². The molecular weight excluding hydrogens is 280 g/mol. The molecule has 2 aliphatic heterocycles. The number of nitrogens with one attached hydrogen (secondary N) is 1. The average molecular weight is 302 g/mol. The Morgan fingerprint density at radius 3 is 3.05 bits per heavy atom. The number of hydrogen-bond donors (Lipinski definition) is 3. The number of nitrogens with zero attached hydrogens (tertiary/aromatic N) is 3. The van der Waals surface area contributed by atoms with Crippen LogP contribution in [0, 0.1) is 0 Å². The van der Waals surface area contributed by atoms with Gasteiger partial charge in [-0.3, -0.25) is 4.99 Å². The molecule has 0 saturated carbocycles. The zero-order chi connectivity index (χ0) is 15.4. The van der Waals surface area contributed by atoms with E-state index >= 15 is 0 Å². The SMILES string of the molecule is NC=CC(=NC1CCCCO1)c1nc(N)nc2c1CCNC2. The third kappa shape index (κ3) is 3.26. The molecule has 0 radical (unpaired) electrons. The second-order valence-electron chi connectivity index (χ2n) is 5.48. The van der Waals surface area contributed by atoms with E-state index in [1.165, 1.54) is 6.20 Å². The number of aliphatic imine (C=N–C) groups is 1. The van der Waals surface area contributed by atoms with Crippen LogP contribution in [0.3, 0.4) is 0 Å². The summed E-state index contributed by atoms with van der Waals surface area (Å²) < 4.78 is 5.70. The molecule has 7 nitrogen and oxygen atoms in total. The Morgan fingerprint density at radius 2 is 2.27 bits per heavy atom. The summed E-state index contributed by atoms with van der Waals surface area (Å²) in [4.78, 5) is 13.4. The Morgan fingerprint density at radius 1 is 1.36 bits per heavy atom. The van der Waals surface area contributed by atoms with Crippen LogP contribution in [0.25, 0.3) is 0 Å². The Balaban J connectivity index is 2.00. The van der Waals surface area contributed by atoms with Crippen LogP contribution in [0.15, 0.2) is 17.3 Å². The molecule has 0 aromatic carbocycles. The molecule has 2 aliphatic rings. The average Bonchev–Trinajstić information content (AvgIpc) is 2.54. The van der Waals surface area contributed by atoms with E-state index < -0.39 is 0 Å². The summed E-state index contributed by atoms with van der Waals surface area (Å²) in [5, 5.41) is 3.29. The Kier molecular flexibility index (Phi) is 4.65. The summed E-state index contributed by atoms with van der Waals surface area (Å²) in [5.41, 5.74) is 15.0. The van der Waals surface area contributed by atoms with Crippen molar-refractivity contribution in [2.45, 2.75) is 38.5 Å². The molecule has 22 heavy (non-hydrogen) atoms. The van der Waals surface area contributed by atoms with Crippen molar-refractivity contribution in [2.24, 2.45) is 10.7 Å². The van der Waals surface area contributed by atoms with Gasteiger partial charge in [-0.1, -0.05) is 0 Å². The van der Waals surface area contributed by atoms with Crippen LogP contribution in [0.5, 0.6) is 0 Å². The van der Waals surface area contributed by atoms with E-state index in [1.54, 1.807) is 6.08 Å². The first-order chi connectivity index (χ1) is 10.8. The van der Waals surface area contributed by atoms with Crippen molar-refractivity contribution < 1.29 is 4.74 Å². The molecule has 0 amide bonds. The van der Waals surface area contributed by atoms with Gasteiger partial charge in [0.15, 0.2) is 0 Å². The molecule has 7 heteroatoms. The van der Waals surface area contributed by atoms with Crippen LogP contribution in [0.1, 0.15) is 36.2 Å². The fraction of sp³-hybridized carbons (Fsp3) is 0.533. The van der Waals surface area contributed by atoms with Crippen molar-refractivity contribution >= 4 is 11.7 Å². The standard InChI is InChI=1S/C15H22N6O/c16-6-4-11(19-13-3-1-2-8-22-13)14-10-5-7-18-9-12(10)20-15(17)21-14/h4,6,13,18H,1-3,5,7-9,16H2,(H2,17,20,21). The summed E-state index contributed by atoms with van der Waals surface area (Å²) >= 11 is 0. The monoisotopic (exact) mass is 302 g/mol. The number of ether oxygens (including phenoxy) is 1. The molecule has 3 rings (SSSR count). The van der Waals surface area contributed by atoms with Crippen molar-refractivity contribution in [3.05, 3.63) is 29.2 Å². The van der Waals surface area contributed by atoms with Gasteiger partial charge in [0.1, 0.15) is 6.23 Å². The summed E-state index contributed by atoms with van der Waals surface area (Å²) in [7, 11) is 0. The van der Waals surface area contributed by atoms with Crippen LogP contribution < -0.4 is 16.8 Å². The van der Waals surface area contributed by atoms with Gasteiger partial charge in [0.05, 0.1) is 17.1 Å². The smallest absolute Gasteiger partial charge is 0.220 e. The van der Waals surface area contributed by atoms with Crippen LogP contribution >= 0.6 is 0 Å². The van der Waals surface area contributed by atoms with Crippen molar-refractivity contribution in [3.63, 3.8) is 0 Å².